The van der Waals surface area contributed by atoms with Gasteiger partial charge in [-0.2, -0.15) is 0 Å². The molecule has 2 atom stereocenters. The molecule has 1 fully saturated rings. The average Bonchev–Trinajstić information content (AvgIpc) is 2.30. The number of rotatable bonds is 1. The molecule has 2 heteroatoms. The predicted molar refractivity (Wildman–Crippen MR) is 48.9 cm³/mol. The lowest BCUT2D eigenvalue weighted by molar-refractivity contribution is -0.128. The molecule has 0 aromatic rings. The summed E-state index contributed by atoms with van der Waals surface area (Å²) in [5, 5.41) is 0. The van der Waals surface area contributed by atoms with Gasteiger partial charge in [-0.15, -0.1) is 0 Å². The molecule has 0 aliphatic carbocycles. The van der Waals surface area contributed by atoms with Crippen LogP contribution < -0.4 is 0 Å². The van der Waals surface area contributed by atoms with E-state index in [1.165, 1.54) is 0 Å². The Bertz CT molecular complexity index is 146. The van der Waals surface area contributed by atoms with E-state index in [1.807, 2.05) is 0 Å². The standard InChI is InChI=1S/C10H20O2/c1-7(2)8-6-11-9(12-8)10(3,4)5/h7-9H,6H2,1-5H3/t8-,9?/m1/s1. The summed E-state index contributed by atoms with van der Waals surface area (Å²) in [6.45, 7) is 11.5. The third-order valence-corrected chi connectivity index (χ3v) is 2.16. The summed E-state index contributed by atoms with van der Waals surface area (Å²) in [6, 6.07) is 0. The normalized spacial score (nSPS) is 31.5. The second-order valence-electron chi connectivity index (χ2n) is 4.95. The molecule has 0 amide bonds. The number of hydrogen-bond acceptors (Lipinski definition) is 2. The Kier molecular flexibility index (Phi) is 2.79. The van der Waals surface area contributed by atoms with E-state index in [2.05, 4.69) is 34.6 Å². The van der Waals surface area contributed by atoms with Gasteiger partial charge in [-0.05, 0) is 5.92 Å². The monoisotopic (exact) mass is 172 g/mol. The molecule has 0 N–H and O–H groups in total. The van der Waals surface area contributed by atoms with Gasteiger partial charge in [-0.25, -0.2) is 0 Å². The largest absolute Gasteiger partial charge is 0.349 e. The van der Waals surface area contributed by atoms with Crippen LogP contribution in [0.25, 0.3) is 0 Å². The minimum absolute atomic E-state index is 0.0232. The van der Waals surface area contributed by atoms with Gasteiger partial charge in [0.1, 0.15) is 0 Å². The van der Waals surface area contributed by atoms with Crippen LogP contribution in [-0.4, -0.2) is 19.0 Å². The first-order valence-corrected chi connectivity index (χ1v) is 4.68. The third-order valence-electron chi connectivity index (χ3n) is 2.16. The third kappa shape index (κ3) is 2.20. The Morgan fingerprint density at radius 3 is 2.08 bits per heavy atom. The van der Waals surface area contributed by atoms with Crippen LogP contribution in [0.2, 0.25) is 0 Å². The van der Waals surface area contributed by atoms with Crippen LogP contribution in [0.4, 0.5) is 0 Å². The molecular formula is C10H20O2. The fraction of sp³-hybridized carbons (Fsp3) is 1.00. The minimum atomic E-state index is -0.0232. The van der Waals surface area contributed by atoms with E-state index in [-0.39, 0.29) is 17.8 Å². The van der Waals surface area contributed by atoms with Gasteiger partial charge in [0.15, 0.2) is 6.29 Å². The Hall–Kier alpha value is -0.0800. The van der Waals surface area contributed by atoms with Crippen molar-refractivity contribution in [2.75, 3.05) is 6.61 Å². The van der Waals surface area contributed by atoms with Crippen LogP contribution >= 0.6 is 0 Å². The van der Waals surface area contributed by atoms with Crippen molar-refractivity contribution < 1.29 is 9.47 Å². The smallest absolute Gasteiger partial charge is 0.162 e. The zero-order valence-corrected chi connectivity index (χ0v) is 8.76. The fourth-order valence-electron chi connectivity index (χ4n) is 1.22. The van der Waals surface area contributed by atoms with Gasteiger partial charge in [0, 0.05) is 5.41 Å². The topological polar surface area (TPSA) is 18.5 Å². The number of ether oxygens (including phenoxy) is 2. The summed E-state index contributed by atoms with van der Waals surface area (Å²) in [5.74, 6) is 0.553. The SMILES string of the molecule is CC(C)[C@H]1COC(C(C)(C)C)O1. The molecule has 72 valence electrons. The van der Waals surface area contributed by atoms with E-state index in [1.54, 1.807) is 0 Å². The molecule has 1 heterocycles. The first-order valence-electron chi connectivity index (χ1n) is 4.68. The van der Waals surface area contributed by atoms with Crippen molar-refractivity contribution in [1.29, 1.82) is 0 Å². The summed E-state index contributed by atoms with van der Waals surface area (Å²) < 4.78 is 11.3. The first kappa shape index (κ1) is 10.0. The van der Waals surface area contributed by atoms with Crippen LogP contribution in [0.1, 0.15) is 34.6 Å². The maximum atomic E-state index is 5.77. The van der Waals surface area contributed by atoms with Crippen molar-refractivity contribution in [3.8, 4) is 0 Å². The lowest BCUT2D eigenvalue weighted by Crippen LogP contribution is -2.28. The molecular weight excluding hydrogens is 152 g/mol. The maximum Gasteiger partial charge on any atom is 0.162 e. The summed E-state index contributed by atoms with van der Waals surface area (Å²) in [6.07, 6.45) is 0.263. The summed E-state index contributed by atoms with van der Waals surface area (Å²) in [4.78, 5) is 0. The Balaban J connectivity index is 2.46. The highest BCUT2D eigenvalue weighted by Gasteiger charge is 2.35. The van der Waals surface area contributed by atoms with Gasteiger partial charge in [0.25, 0.3) is 0 Å². The Morgan fingerprint density at radius 2 is 1.83 bits per heavy atom. The van der Waals surface area contributed by atoms with Crippen molar-refractivity contribution in [2.45, 2.75) is 47.0 Å². The lowest BCUT2D eigenvalue weighted by Gasteiger charge is -2.25. The van der Waals surface area contributed by atoms with Crippen molar-refractivity contribution in [3.63, 3.8) is 0 Å². The van der Waals surface area contributed by atoms with E-state index in [0.29, 0.717) is 5.92 Å². The van der Waals surface area contributed by atoms with E-state index < -0.39 is 0 Å². The summed E-state index contributed by atoms with van der Waals surface area (Å²) >= 11 is 0. The van der Waals surface area contributed by atoms with Crippen LogP contribution in [0, 0.1) is 11.3 Å². The second kappa shape index (κ2) is 3.35. The highest BCUT2D eigenvalue weighted by atomic mass is 16.7. The van der Waals surface area contributed by atoms with E-state index in [0.717, 1.165) is 6.61 Å². The maximum absolute atomic E-state index is 5.77. The highest BCUT2D eigenvalue weighted by Crippen LogP contribution is 2.30. The molecule has 1 unspecified atom stereocenters. The van der Waals surface area contributed by atoms with Crippen molar-refractivity contribution in [1.82, 2.24) is 0 Å². The van der Waals surface area contributed by atoms with Crippen LogP contribution in [0.15, 0.2) is 0 Å². The van der Waals surface area contributed by atoms with E-state index in [4.69, 9.17) is 9.47 Å². The zero-order valence-electron chi connectivity index (χ0n) is 8.76. The molecule has 1 aliphatic rings. The van der Waals surface area contributed by atoms with Crippen molar-refractivity contribution >= 4 is 0 Å². The highest BCUT2D eigenvalue weighted by molar-refractivity contribution is 4.75. The molecule has 1 saturated heterocycles. The molecule has 1 aliphatic heterocycles. The Morgan fingerprint density at radius 1 is 1.25 bits per heavy atom. The summed E-state index contributed by atoms with van der Waals surface area (Å²) in [5.41, 5.74) is 0.101. The lowest BCUT2D eigenvalue weighted by atomic mass is 9.96. The second-order valence-corrected chi connectivity index (χ2v) is 4.95. The van der Waals surface area contributed by atoms with Crippen LogP contribution in [0.5, 0.6) is 0 Å². The van der Waals surface area contributed by atoms with Crippen LogP contribution in [0.3, 0.4) is 0 Å². The molecule has 12 heavy (non-hydrogen) atoms. The van der Waals surface area contributed by atoms with Gasteiger partial charge in [0.05, 0.1) is 12.7 Å². The molecule has 0 spiro atoms. The molecule has 0 aromatic carbocycles. The molecule has 0 radical (unpaired) electrons. The van der Waals surface area contributed by atoms with E-state index >= 15 is 0 Å². The number of hydrogen-bond donors (Lipinski definition) is 0. The molecule has 1 rings (SSSR count). The fourth-order valence-corrected chi connectivity index (χ4v) is 1.22. The van der Waals surface area contributed by atoms with Gasteiger partial charge >= 0.3 is 0 Å². The molecule has 0 bridgehead atoms. The van der Waals surface area contributed by atoms with Gasteiger partial charge in [-0.1, -0.05) is 34.6 Å². The van der Waals surface area contributed by atoms with Crippen LogP contribution in [-0.2, 0) is 9.47 Å². The van der Waals surface area contributed by atoms with Gasteiger partial charge in [0.2, 0.25) is 0 Å². The van der Waals surface area contributed by atoms with Crippen molar-refractivity contribution in [3.05, 3.63) is 0 Å². The van der Waals surface area contributed by atoms with Gasteiger partial charge < -0.3 is 9.47 Å². The quantitative estimate of drug-likeness (QED) is 0.604. The van der Waals surface area contributed by atoms with Crippen molar-refractivity contribution in [2.24, 2.45) is 11.3 Å². The average molecular weight is 172 g/mol. The van der Waals surface area contributed by atoms with Gasteiger partial charge in [-0.3, -0.25) is 0 Å². The molecule has 0 saturated carbocycles. The molecule has 0 aromatic heterocycles. The minimum Gasteiger partial charge on any atom is -0.349 e. The van der Waals surface area contributed by atoms with E-state index in [9.17, 15) is 0 Å². The summed E-state index contributed by atoms with van der Waals surface area (Å²) in [7, 11) is 0. The predicted octanol–water partition coefficient (Wildman–Crippen LogP) is 2.43. The Labute approximate surface area is 75.2 Å². The first-order chi connectivity index (χ1) is 5.41. The molecule has 2 nitrogen and oxygen atoms in total. The zero-order chi connectivity index (χ0) is 9.35.